The van der Waals surface area contributed by atoms with Crippen LogP contribution in [0.3, 0.4) is 0 Å². The summed E-state index contributed by atoms with van der Waals surface area (Å²) in [5.74, 6) is -0.0569. The van der Waals surface area contributed by atoms with E-state index in [1.54, 1.807) is 14.1 Å². The maximum atomic E-state index is 11.8. The molecule has 0 radical (unpaired) electrons. The molecule has 1 aliphatic heterocycles. The molecule has 1 spiro atoms. The number of hydrogen-bond acceptors (Lipinski definition) is 3. The summed E-state index contributed by atoms with van der Waals surface area (Å²) >= 11 is 0. The van der Waals surface area contributed by atoms with E-state index in [2.05, 4.69) is 18.3 Å². The highest BCUT2D eigenvalue weighted by Crippen LogP contribution is 2.38. The fraction of sp³-hybridized carbons (Fsp3) is 0.632. The van der Waals surface area contributed by atoms with E-state index in [0.717, 1.165) is 24.1 Å². The summed E-state index contributed by atoms with van der Waals surface area (Å²) in [4.78, 5) is 13.3. The molecule has 2 fully saturated rings. The van der Waals surface area contributed by atoms with Crippen LogP contribution in [0.2, 0.25) is 0 Å². The Morgan fingerprint density at radius 1 is 1.17 bits per heavy atom. The number of amides is 2. The highest BCUT2D eigenvalue weighted by atomic mass is 16.7. The van der Waals surface area contributed by atoms with E-state index < -0.39 is 0 Å². The molecular formula is C19H28N2O3. The van der Waals surface area contributed by atoms with Crippen molar-refractivity contribution < 1.29 is 14.3 Å². The first-order valence-electron chi connectivity index (χ1n) is 8.86. The molecule has 2 amide bonds. The van der Waals surface area contributed by atoms with Crippen molar-refractivity contribution in [2.45, 2.75) is 50.7 Å². The van der Waals surface area contributed by atoms with Crippen LogP contribution in [-0.4, -0.2) is 44.0 Å². The van der Waals surface area contributed by atoms with Gasteiger partial charge in [0, 0.05) is 38.5 Å². The summed E-state index contributed by atoms with van der Waals surface area (Å²) in [5, 5.41) is 2.88. The number of nitrogens with one attached hydrogen (secondary N) is 1. The van der Waals surface area contributed by atoms with Gasteiger partial charge >= 0.3 is 6.03 Å². The average molecular weight is 332 g/mol. The second-order valence-electron chi connectivity index (χ2n) is 7.19. The number of urea groups is 1. The Morgan fingerprint density at radius 2 is 1.83 bits per heavy atom. The lowest BCUT2D eigenvalue weighted by Crippen LogP contribution is -2.44. The van der Waals surface area contributed by atoms with E-state index in [9.17, 15) is 4.79 Å². The van der Waals surface area contributed by atoms with Crippen molar-refractivity contribution in [1.82, 2.24) is 4.90 Å². The number of benzene rings is 1. The Balaban J connectivity index is 1.64. The van der Waals surface area contributed by atoms with Crippen LogP contribution in [0, 0.1) is 6.92 Å². The number of carbonyl (C=O) groups excluding carboxylic acids is 1. The molecule has 24 heavy (non-hydrogen) atoms. The van der Waals surface area contributed by atoms with Gasteiger partial charge in [0.15, 0.2) is 5.79 Å². The zero-order valence-electron chi connectivity index (χ0n) is 14.9. The first kappa shape index (κ1) is 17.2. The molecule has 1 N–H and O–H groups in total. The highest BCUT2D eigenvalue weighted by Gasteiger charge is 2.39. The van der Waals surface area contributed by atoms with Gasteiger partial charge < -0.3 is 19.7 Å². The van der Waals surface area contributed by atoms with Crippen LogP contribution in [0.4, 0.5) is 10.5 Å². The van der Waals surface area contributed by atoms with Gasteiger partial charge in [-0.1, -0.05) is 12.5 Å². The van der Waals surface area contributed by atoms with Crippen molar-refractivity contribution >= 4 is 11.7 Å². The Kier molecular flexibility index (Phi) is 5.11. The molecule has 1 aromatic rings. The monoisotopic (exact) mass is 332 g/mol. The molecule has 0 atom stereocenters. The first-order chi connectivity index (χ1) is 11.5. The van der Waals surface area contributed by atoms with E-state index in [-0.39, 0.29) is 17.7 Å². The van der Waals surface area contributed by atoms with E-state index in [1.165, 1.54) is 29.7 Å². The van der Waals surface area contributed by atoms with E-state index in [4.69, 9.17) is 9.47 Å². The topological polar surface area (TPSA) is 50.8 Å². The Bertz CT molecular complexity index is 584. The summed E-state index contributed by atoms with van der Waals surface area (Å²) in [6, 6.07) is 5.93. The summed E-state index contributed by atoms with van der Waals surface area (Å²) in [6.45, 7) is 3.50. The number of rotatable bonds is 2. The number of ether oxygens (including phenoxy) is 2. The lowest BCUT2D eigenvalue weighted by molar-refractivity contribution is -0.285. The maximum Gasteiger partial charge on any atom is 0.321 e. The molecule has 1 saturated carbocycles. The van der Waals surface area contributed by atoms with Crippen molar-refractivity contribution in [3.63, 3.8) is 0 Å². The van der Waals surface area contributed by atoms with Crippen LogP contribution in [-0.2, 0) is 9.47 Å². The number of hydrogen-bond donors (Lipinski definition) is 1. The third-order valence-electron chi connectivity index (χ3n) is 5.08. The second kappa shape index (κ2) is 7.11. The number of aryl methyl sites for hydroxylation is 1. The summed E-state index contributed by atoms with van der Waals surface area (Å²) in [5.41, 5.74) is 3.21. The summed E-state index contributed by atoms with van der Waals surface area (Å²) in [7, 11) is 3.46. The largest absolute Gasteiger partial charge is 0.349 e. The Morgan fingerprint density at radius 3 is 2.42 bits per heavy atom. The minimum Gasteiger partial charge on any atom is -0.349 e. The van der Waals surface area contributed by atoms with Crippen LogP contribution < -0.4 is 5.32 Å². The minimum atomic E-state index is -0.317. The smallest absolute Gasteiger partial charge is 0.321 e. The van der Waals surface area contributed by atoms with Crippen LogP contribution in [0.5, 0.6) is 0 Å². The van der Waals surface area contributed by atoms with Gasteiger partial charge in [-0.3, -0.25) is 0 Å². The minimum absolute atomic E-state index is 0.120. The molecular weight excluding hydrogens is 304 g/mol. The normalized spacial score (nSPS) is 20.8. The van der Waals surface area contributed by atoms with Crippen molar-refractivity contribution in [3.8, 4) is 0 Å². The van der Waals surface area contributed by atoms with Gasteiger partial charge in [-0.15, -0.1) is 0 Å². The lowest BCUT2D eigenvalue weighted by Gasteiger charge is -2.42. The fourth-order valence-electron chi connectivity index (χ4n) is 3.60. The van der Waals surface area contributed by atoms with Crippen molar-refractivity contribution in [2.75, 3.05) is 32.6 Å². The van der Waals surface area contributed by atoms with Gasteiger partial charge in [-0.05, 0) is 43.0 Å². The van der Waals surface area contributed by atoms with E-state index in [0.29, 0.717) is 13.2 Å². The lowest BCUT2D eigenvalue weighted by atomic mass is 9.90. The molecule has 5 nitrogen and oxygen atoms in total. The number of anilines is 1. The summed E-state index contributed by atoms with van der Waals surface area (Å²) < 4.78 is 12.3. The van der Waals surface area contributed by atoms with Gasteiger partial charge in [0.25, 0.3) is 0 Å². The van der Waals surface area contributed by atoms with Crippen molar-refractivity contribution in [2.24, 2.45) is 0 Å². The third-order valence-corrected chi connectivity index (χ3v) is 5.08. The molecule has 5 heteroatoms. The average Bonchev–Trinajstić information content (AvgIpc) is 2.57. The SMILES string of the molecule is Cc1cc(NC(=O)N(C)C)ccc1C1COC2(CCCCC2)OC1. The van der Waals surface area contributed by atoms with Crippen LogP contribution in [0.15, 0.2) is 18.2 Å². The number of carbonyl (C=O) groups is 1. The third kappa shape index (κ3) is 3.73. The van der Waals surface area contributed by atoms with Gasteiger partial charge in [0.1, 0.15) is 0 Å². The molecule has 1 aromatic carbocycles. The second-order valence-corrected chi connectivity index (χ2v) is 7.19. The first-order valence-corrected chi connectivity index (χ1v) is 8.86. The zero-order valence-corrected chi connectivity index (χ0v) is 14.9. The Labute approximate surface area is 144 Å². The Hall–Kier alpha value is -1.59. The van der Waals surface area contributed by atoms with Crippen LogP contribution in [0.1, 0.15) is 49.1 Å². The van der Waals surface area contributed by atoms with E-state index >= 15 is 0 Å². The predicted octanol–water partition coefficient (Wildman–Crippen LogP) is 3.88. The van der Waals surface area contributed by atoms with Crippen LogP contribution in [0.25, 0.3) is 0 Å². The van der Waals surface area contributed by atoms with Gasteiger partial charge in [0.05, 0.1) is 13.2 Å². The predicted molar refractivity (Wildman–Crippen MR) is 94.3 cm³/mol. The molecule has 3 rings (SSSR count). The zero-order chi connectivity index (χ0) is 17.2. The maximum absolute atomic E-state index is 11.8. The molecule has 1 aliphatic carbocycles. The molecule has 1 heterocycles. The fourth-order valence-corrected chi connectivity index (χ4v) is 3.60. The van der Waals surface area contributed by atoms with Crippen molar-refractivity contribution in [3.05, 3.63) is 29.3 Å². The quantitative estimate of drug-likeness (QED) is 0.894. The highest BCUT2D eigenvalue weighted by molar-refractivity contribution is 5.89. The molecule has 2 aliphatic rings. The van der Waals surface area contributed by atoms with Crippen molar-refractivity contribution in [1.29, 1.82) is 0 Å². The summed E-state index contributed by atoms with van der Waals surface area (Å²) in [6.07, 6.45) is 5.73. The molecule has 0 unspecified atom stereocenters. The molecule has 0 aromatic heterocycles. The number of nitrogens with zero attached hydrogens (tertiary/aromatic N) is 1. The molecule has 1 saturated heterocycles. The molecule has 0 bridgehead atoms. The van der Waals surface area contributed by atoms with Crippen LogP contribution >= 0.6 is 0 Å². The van der Waals surface area contributed by atoms with Gasteiger partial charge in [0.2, 0.25) is 0 Å². The van der Waals surface area contributed by atoms with Gasteiger partial charge in [-0.25, -0.2) is 4.79 Å². The van der Waals surface area contributed by atoms with Gasteiger partial charge in [-0.2, -0.15) is 0 Å². The van der Waals surface area contributed by atoms with E-state index in [1.807, 2.05) is 12.1 Å². The molecule has 132 valence electrons. The standard InChI is InChI=1S/C19H28N2O3/c1-14-11-16(20-18(22)21(2)3)7-8-17(14)15-12-23-19(24-13-15)9-5-4-6-10-19/h7-8,11,15H,4-6,9-10,12-13H2,1-3H3,(H,20,22).